The molecular weight excluding hydrogens is 372 g/mol. The second-order valence-electron chi connectivity index (χ2n) is 7.50. The standard InChI is InChI=1S/C26H26N2O2/c1-18-19(10-8-15-25(18)27)9-6-7-16-28-26(29)30-17-24-22-13-4-2-11-20(22)21-12-3-5-14-23(21)24/h2-6,8-15,24H,7,16-17,27H2,1H3,(H,28,29). The van der Waals surface area contributed by atoms with E-state index in [1.54, 1.807) is 0 Å². The summed E-state index contributed by atoms with van der Waals surface area (Å²) in [6.07, 6.45) is 4.40. The summed E-state index contributed by atoms with van der Waals surface area (Å²) < 4.78 is 5.55. The van der Waals surface area contributed by atoms with Gasteiger partial charge in [-0.3, -0.25) is 0 Å². The highest BCUT2D eigenvalue weighted by molar-refractivity contribution is 5.79. The fourth-order valence-corrected chi connectivity index (χ4v) is 3.97. The van der Waals surface area contributed by atoms with Gasteiger partial charge in [0.1, 0.15) is 6.61 Å². The van der Waals surface area contributed by atoms with E-state index in [9.17, 15) is 4.79 Å². The minimum absolute atomic E-state index is 0.0783. The zero-order valence-corrected chi connectivity index (χ0v) is 17.1. The van der Waals surface area contributed by atoms with Gasteiger partial charge in [0.15, 0.2) is 0 Å². The maximum absolute atomic E-state index is 12.2. The van der Waals surface area contributed by atoms with Gasteiger partial charge in [-0.15, -0.1) is 0 Å². The van der Waals surface area contributed by atoms with Crippen molar-refractivity contribution in [3.63, 3.8) is 0 Å². The normalized spacial score (nSPS) is 12.6. The first kappa shape index (κ1) is 19.8. The molecule has 152 valence electrons. The molecule has 0 unspecified atom stereocenters. The number of fused-ring (bicyclic) bond motifs is 3. The molecule has 3 aromatic rings. The Bertz CT molecular complexity index is 1040. The monoisotopic (exact) mass is 398 g/mol. The summed E-state index contributed by atoms with van der Waals surface area (Å²) >= 11 is 0. The van der Waals surface area contributed by atoms with Crippen LogP contribution in [0.2, 0.25) is 0 Å². The van der Waals surface area contributed by atoms with Crippen molar-refractivity contribution in [2.75, 3.05) is 18.9 Å². The van der Waals surface area contributed by atoms with E-state index in [1.165, 1.54) is 22.3 Å². The lowest BCUT2D eigenvalue weighted by atomic mass is 9.98. The van der Waals surface area contributed by atoms with Gasteiger partial charge in [0.05, 0.1) is 0 Å². The molecule has 3 N–H and O–H groups in total. The number of nitrogens with one attached hydrogen (secondary N) is 1. The molecule has 4 nitrogen and oxygen atoms in total. The first-order valence-electron chi connectivity index (χ1n) is 10.3. The van der Waals surface area contributed by atoms with Crippen molar-refractivity contribution in [3.05, 3.63) is 95.1 Å². The molecule has 4 rings (SSSR count). The van der Waals surface area contributed by atoms with Crippen LogP contribution in [0.1, 0.15) is 34.6 Å². The van der Waals surface area contributed by atoms with Crippen LogP contribution < -0.4 is 11.1 Å². The van der Waals surface area contributed by atoms with E-state index in [-0.39, 0.29) is 12.0 Å². The molecular formula is C26H26N2O2. The number of carbonyl (C=O) groups excluding carboxylic acids is 1. The summed E-state index contributed by atoms with van der Waals surface area (Å²) in [6, 6.07) is 22.5. The molecule has 30 heavy (non-hydrogen) atoms. The predicted octanol–water partition coefficient (Wildman–Crippen LogP) is 5.52. The number of nitrogens with two attached hydrogens (primary N) is 1. The van der Waals surface area contributed by atoms with E-state index in [0.717, 1.165) is 23.2 Å². The maximum atomic E-state index is 12.2. The SMILES string of the molecule is Cc1c(N)cccc1C=CCCNC(=O)OCC1c2ccccc2-c2ccccc21. The van der Waals surface area contributed by atoms with Crippen molar-refractivity contribution < 1.29 is 9.53 Å². The number of hydrogen-bond donors (Lipinski definition) is 2. The molecule has 1 aliphatic rings. The molecule has 0 aliphatic heterocycles. The highest BCUT2D eigenvalue weighted by atomic mass is 16.5. The molecule has 0 fully saturated rings. The third-order valence-corrected chi connectivity index (χ3v) is 5.64. The quantitative estimate of drug-likeness (QED) is 0.424. The third kappa shape index (κ3) is 4.08. The molecule has 0 bridgehead atoms. The maximum Gasteiger partial charge on any atom is 0.407 e. The topological polar surface area (TPSA) is 64.3 Å². The van der Waals surface area contributed by atoms with Crippen LogP contribution in [0, 0.1) is 6.92 Å². The van der Waals surface area contributed by atoms with Crippen molar-refractivity contribution >= 4 is 17.9 Å². The lowest BCUT2D eigenvalue weighted by Gasteiger charge is -2.14. The van der Waals surface area contributed by atoms with Gasteiger partial charge in [-0.1, -0.05) is 72.8 Å². The molecule has 3 aromatic carbocycles. The van der Waals surface area contributed by atoms with Crippen LogP contribution in [-0.2, 0) is 4.74 Å². The summed E-state index contributed by atoms with van der Waals surface area (Å²) in [5.74, 6) is 0.0783. The van der Waals surface area contributed by atoms with Gasteiger partial charge in [-0.05, 0) is 52.8 Å². The molecule has 0 saturated heterocycles. The molecule has 0 heterocycles. The average molecular weight is 399 g/mol. The Morgan fingerprint density at radius 2 is 1.67 bits per heavy atom. The van der Waals surface area contributed by atoms with Crippen LogP contribution in [0.15, 0.2) is 72.8 Å². The molecule has 1 aliphatic carbocycles. The zero-order valence-electron chi connectivity index (χ0n) is 17.1. The molecule has 0 spiro atoms. The third-order valence-electron chi connectivity index (χ3n) is 5.64. The number of benzene rings is 3. The number of ether oxygens (including phenoxy) is 1. The molecule has 0 saturated carbocycles. The van der Waals surface area contributed by atoms with Gasteiger partial charge in [0, 0.05) is 18.2 Å². The van der Waals surface area contributed by atoms with Crippen molar-refractivity contribution in [2.45, 2.75) is 19.3 Å². The van der Waals surface area contributed by atoms with E-state index < -0.39 is 0 Å². The Balaban J connectivity index is 1.28. The highest BCUT2D eigenvalue weighted by Crippen LogP contribution is 2.44. The number of carbonyl (C=O) groups is 1. The van der Waals surface area contributed by atoms with Crippen LogP contribution in [-0.4, -0.2) is 19.2 Å². The van der Waals surface area contributed by atoms with Gasteiger partial charge >= 0.3 is 6.09 Å². The Morgan fingerprint density at radius 3 is 2.37 bits per heavy atom. The van der Waals surface area contributed by atoms with Gasteiger partial charge < -0.3 is 15.8 Å². The van der Waals surface area contributed by atoms with Crippen molar-refractivity contribution in [1.82, 2.24) is 5.32 Å². The number of alkyl carbamates (subject to hydrolysis) is 1. The number of amides is 1. The number of rotatable bonds is 6. The van der Waals surface area contributed by atoms with Crippen molar-refractivity contribution in [3.8, 4) is 11.1 Å². The summed E-state index contributed by atoms with van der Waals surface area (Å²) in [4.78, 5) is 12.2. The fourth-order valence-electron chi connectivity index (χ4n) is 3.97. The molecule has 0 atom stereocenters. The predicted molar refractivity (Wildman–Crippen MR) is 122 cm³/mol. The van der Waals surface area contributed by atoms with E-state index in [1.807, 2.05) is 61.5 Å². The second kappa shape index (κ2) is 8.87. The number of hydrogen-bond acceptors (Lipinski definition) is 3. The van der Waals surface area contributed by atoms with Crippen LogP contribution in [0.25, 0.3) is 17.2 Å². The Labute approximate surface area is 177 Å². The minimum Gasteiger partial charge on any atom is -0.449 e. The average Bonchev–Trinajstić information content (AvgIpc) is 3.09. The fraction of sp³-hybridized carbons (Fsp3) is 0.192. The summed E-state index contributed by atoms with van der Waals surface area (Å²) in [6.45, 7) is 2.86. The summed E-state index contributed by atoms with van der Waals surface area (Å²) in [5, 5.41) is 2.83. The number of anilines is 1. The van der Waals surface area contributed by atoms with Crippen LogP contribution in [0.4, 0.5) is 10.5 Å². The van der Waals surface area contributed by atoms with Gasteiger partial charge in [0.25, 0.3) is 0 Å². The Kier molecular flexibility index (Phi) is 5.84. The van der Waals surface area contributed by atoms with E-state index in [4.69, 9.17) is 10.5 Å². The van der Waals surface area contributed by atoms with Crippen molar-refractivity contribution in [2.24, 2.45) is 0 Å². The zero-order chi connectivity index (χ0) is 20.9. The largest absolute Gasteiger partial charge is 0.449 e. The van der Waals surface area contributed by atoms with Crippen molar-refractivity contribution in [1.29, 1.82) is 0 Å². The summed E-state index contributed by atoms with van der Waals surface area (Å²) in [7, 11) is 0. The van der Waals surface area contributed by atoms with Gasteiger partial charge in [0.2, 0.25) is 0 Å². The lowest BCUT2D eigenvalue weighted by Crippen LogP contribution is -2.26. The molecule has 4 heteroatoms. The first-order chi connectivity index (χ1) is 14.6. The first-order valence-corrected chi connectivity index (χ1v) is 10.3. The van der Waals surface area contributed by atoms with Gasteiger partial charge in [-0.2, -0.15) is 0 Å². The van der Waals surface area contributed by atoms with Crippen LogP contribution in [0.5, 0.6) is 0 Å². The van der Waals surface area contributed by atoms with Crippen LogP contribution in [0.3, 0.4) is 0 Å². The second-order valence-corrected chi connectivity index (χ2v) is 7.50. The van der Waals surface area contributed by atoms with E-state index >= 15 is 0 Å². The summed E-state index contributed by atoms with van der Waals surface area (Å²) in [5.41, 5.74) is 13.8. The van der Waals surface area contributed by atoms with Gasteiger partial charge in [-0.25, -0.2) is 4.79 Å². The smallest absolute Gasteiger partial charge is 0.407 e. The van der Waals surface area contributed by atoms with E-state index in [0.29, 0.717) is 13.2 Å². The minimum atomic E-state index is -0.384. The Hall–Kier alpha value is -3.53. The molecule has 1 amide bonds. The van der Waals surface area contributed by atoms with E-state index in [2.05, 4.69) is 29.6 Å². The van der Waals surface area contributed by atoms with Crippen LogP contribution >= 0.6 is 0 Å². The molecule has 0 radical (unpaired) electrons. The Morgan fingerprint density at radius 1 is 1.00 bits per heavy atom. The lowest BCUT2D eigenvalue weighted by molar-refractivity contribution is 0.143. The number of nitrogen functional groups attached to an aromatic ring is 1. The highest BCUT2D eigenvalue weighted by Gasteiger charge is 2.28. The molecule has 0 aromatic heterocycles.